The Kier molecular flexibility index (Phi) is 10.9. The highest BCUT2D eigenvalue weighted by Crippen LogP contribution is 2.23. The molecule has 2 fully saturated rings. The number of Topliss-reactive ketones (excluding diaryl/α,β-unsaturated/α-hetero) is 1. The molecule has 0 bridgehead atoms. The smallest absolute Gasteiger partial charge is 0.240 e. The normalized spacial score (nSPS) is 20.7. The van der Waals surface area contributed by atoms with E-state index in [-0.39, 0.29) is 54.5 Å². The molecule has 3 unspecified atom stereocenters. The number of carbonyl (C=O) groups is 3. The summed E-state index contributed by atoms with van der Waals surface area (Å²) in [5.74, 6) is -0.308. The molecule has 2 saturated heterocycles. The van der Waals surface area contributed by atoms with Crippen molar-refractivity contribution in [1.82, 2.24) is 25.0 Å². The quantitative estimate of drug-likeness (QED) is 0.199. The third kappa shape index (κ3) is 8.59. The first-order valence-corrected chi connectivity index (χ1v) is 15.5. The molecule has 41 heavy (non-hydrogen) atoms. The van der Waals surface area contributed by atoms with Crippen LogP contribution in [0.5, 0.6) is 0 Å². The highest BCUT2D eigenvalue weighted by Gasteiger charge is 2.36. The molecule has 3 heterocycles. The van der Waals surface area contributed by atoms with Crippen LogP contribution in [0, 0.1) is 17.2 Å². The van der Waals surface area contributed by atoms with Crippen LogP contribution in [-0.4, -0.2) is 94.6 Å². The molecule has 0 aliphatic carbocycles. The van der Waals surface area contributed by atoms with Gasteiger partial charge in [0.15, 0.2) is 11.0 Å². The summed E-state index contributed by atoms with van der Waals surface area (Å²) in [6, 6.07) is 9.51. The highest BCUT2D eigenvalue weighted by molar-refractivity contribution is 7.11. The number of nitrogens with one attached hydrogen (secondary N) is 2. The molecule has 11 heteroatoms. The molecule has 2 amide bonds. The average Bonchev–Trinajstić information content (AvgIpc) is 3.49. The molecule has 222 valence electrons. The first-order valence-electron chi connectivity index (χ1n) is 14.6. The van der Waals surface area contributed by atoms with Crippen molar-refractivity contribution in [2.75, 3.05) is 39.3 Å². The Balaban J connectivity index is 1.37. The summed E-state index contributed by atoms with van der Waals surface area (Å²) >= 11 is 1.25. The van der Waals surface area contributed by atoms with Crippen LogP contribution >= 0.6 is 11.3 Å². The highest BCUT2D eigenvalue weighted by atomic mass is 32.1. The van der Waals surface area contributed by atoms with Crippen LogP contribution < -0.4 is 11.1 Å². The lowest BCUT2D eigenvalue weighted by Crippen LogP contribution is -2.60. The summed E-state index contributed by atoms with van der Waals surface area (Å²) in [6.07, 6.45) is 5.71. The van der Waals surface area contributed by atoms with E-state index in [9.17, 15) is 14.4 Å². The predicted molar refractivity (Wildman–Crippen MR) is 161 cm³/mol. The number of likely N-dealkylation sites (tertiary alicyclic amines) is 1. The van der Waals surface area contributed by atoms with Crippen LogP contribution in [-0.2, 0) is 16.0 Å². The molecule has 3 atom stereocenters. The number of piperidine rings is 1. The number of aryl methyl sites for hydroxylation is 1. The van der Waals surface area contributed by atoms with E-state index in [2.05, 4.69) is 41.2 Å². The molecule has 2 aromatic rings. The van der Waals surface area contributed by atoms with Crippen molar-refractivity contribution in [2.45, 2.75) is 58.0 Å². The monoisotopic (exact) mass is 581 g/mol. The maximum Gasteiger partial charge on any atom is 0.240 e. The Morgan fingerprint density at radius 3 is 2.68 bits per heavy atom. The van der Waals surface area contributed by atoms with Gasteiger partial charge in [0.05, 0.1) is 19.1 Å². The fourth-order valence-corrected chi connectivity index (χ4v) is 6.55. The number of aromatic nitrogens is 1. The van der Waals surface area contributed by atoms with E-state index in [1.165, 1.54) is 16.9 Å². The van der Waals surface area contributed by atoms with Crippen LogP contribution in [0.15, 0.2) is 41.9 Å². The van der Waals surface area contributed by atoms with Gasteiger partial charge in [0.1, 0.15) is 0 Å². The van der Waals surface area contributed by atoms with Gasteiger partial charge in [-0.15, -0.1) is 11.3 Å². The van der Waals surface area contributed by atoms with Gasteiger partial charge in [0.2, 0.25) is 17.6 Å². The molecular weight excluding hydrogens is 538 g/mol. The van der Waals surface area contributed by atoms with Crippen molar-refractivity contribution < 1.29 is 14.4 Å². The van der Waals surface area contributed by atoms with Crippen molar-refractivity contribution in [1.29, 1.82) is 5.41 Å². The molecule has 4 N–H and O–H groups in total. The Labute approximate surface area is 246 Å². The largest absolute Gasteiger partial charge is 0.370 e. The van der Waals surface area contributed by atoms with Crippen LogP contribution in [0.1, 0.15) is 54.9 Å². The number of nitrogens with zero attached hydrogens (tertiary/aromatic N) is 4. The lowest BCUT2D eigenvalue weighted by Gasteiger charge is -2.43. The van der Waals surface area contributed by atoms with E-state index in [0.717, 1.165) is 45.3 Å². The van der Waals surface area contributed by atoms with Gasteiger partial charge in [-0.25, -0.2) is 4.98 Å². The fraction of sp³-hybridized carbons (Fsp3) is 0.567. The van der Waals surface area contributed by atoms with Crippen molar-refractivity contribution in [3.63, 3.8) is 0 Å². The lowest BCUT2D eigenvalue weighted by atomic mass is 9.90. The molecule has 0 spiro atoms. The summed E-state index contributed by atoms with van der Waals surface area (Å²) in [5.41, 5.74) is 7.01. The Morgan fingerprint density at radius 2 is 2.00 bits per heavy atom. The Bertz CT molecular complexity index is 1170. The summed E-state index contributed by atoms with van der Waals surface area (Å²) in [4.78, 5) is 49.9. The van der Waals surface area contributed by atoms with E-state index in [4.69, 9.17) is 11.1 Å². The molecule has 0 saturated carbocycles. The second kappa shape index (κ2) is 14.5. The topological polar surface area (TPSA) is 136 Å². The summed E-state index contributed by atoms with van der Waals surface area (Å²) in [6.45, 7) is 7.21. The maximum absolute atomic E-state index is 13.4. The minimum absolute atomic E-state index is 0.0268. The van der Waals surface area contributed by atoms with E-state index < -0.39 is 6.04 Å². The Hall–Kier alpha value is -3.31. The molecule has 1 aromatic carbocycles. The number of hydrogen-bond acceptors (Lipinski definition) is 7. The van der Waals surface area contributed by atoms with Gasteiger partial charge in [-0.3, -0.25) is 24.7 Å². The standard InChI is InChI=1S/C30H43N7O3S/c1-21(2)25-18-35(13-6-10-22-8-4-3-5-9-22)20-27(39)37(25)19-26(38)34-24(28(40)29-33-12-15-41-29)16-23-11-7-14-36(17-23)30(31)32/h3-5,8-9,12,15,21,23-25H,6-7,10-11,13-14,16-20H2,1-2H3,(H3,31,32)(H,34,38). The van der Waals surface area contributed by atoms with Gasteiger partial charge in [-0.2, -0.15) is 0 Å². The van der Waals surface area contributed by atoms with Crippen molar-refractivity contribution in [3.05, 3.63) is 52.5 Å². The van der Waals surface area contributed by atoms with Crippen molar-refractivity contribution in [3.8, 4) is 0 Å². The van der Waals surface area contributed by atoms with Gasteiger partial charge in [-0.1, -0.05) is 44.2 Å². The number of benzene rings is 1. The van der Waals surface area contributed by atoms with Crippen LogP contribution in [0.3, 0.4) is 0 Å². The number of thiazole rings is 1. The summed E-state index contributed by atoms with van der Waals surface area (Å²) in [5, 5.41) is 12.9. The van der Waals surface area contributed by atoms with Crippen molar-refractivity contribution in [2.24, 2.45) is 17.6 Å². The lowest BCUT2D eigenvalue weighted by molar-refractivity contribution is -0.145. The van der Waals surface area contributed by atoms with E-state index in [1.54, 1.807) is 16.5 Å². The zero-order valence-corrected chi connectivity index (χ0v) is 24.9. The van der Waals surface area contributed by atoms with Gasteiger partial charge in [-0.05, 0) is 56.0 Å². The van der Waals surface area contributed by atoms with Crippen LogP contribution in [0.25, 0.3) is 0 Å². The molecule has 2 aliphatic rings. The maximum atomic E-state index is 13.4. The van der Waals surface area contributed by atoms with Gasteiger partial charge in [0.25, 0.3) is 0 Å². The molecule has 1 aromatic heterocycles. The number of carbonyl (C=O) groups excluding carboxylic acids is 3. The van der Waals surface area contributed by atoms with Gasteiger partial charge in [0, 0.05) is 37.3 Å². The fourth-order valence-electron chi connectivity index (χ4n) is 5.92. The molecular formula is C30H43N7O3S. The first-order chi connectivity index (χ1) is 19.7. The predicted octanol–water partition coefficient (Wildman–Crippen LogP) is 2.61. The van der Waals surface area contributed by atoms with Gasteiger partial charge >= 0.3 is 0 Å². The number of piperazine rings is 1. The first kappa shape index (κ1) is 30.6. The third-order valence-electron chi connectivity index (χ3n) is 8.11. The molecule has 2 aliphatic heterocycles. The second-order valence-electron chi connectivity index (χ2n) is 11.6. The van der Waals surface area contributed by atoms with Crippen LogP contribution in [0.4, 0.5) is 0 Å². The minimum atomic E-state index is -0.752. The molecule has 0 radical (unpaired) electrons. The zero-order chi connectivity index (χ0) is 29.4. The Morgan fingerprint density at radius 1 is 1.22 bits per heavy atom. The SMILES string of the molecule is CC(C)C1CN(CCCc2ccccc2)CC(=O)N1CC(=O)NC(CC1CCCN(C(=N)N)C1)C(=O)c1nccs1. The van der Waals surface area contributed by atoms with E-state index in [1.807, 2.05) is 23.1 Å². The third-order valence-corrected chi connectivity index (χ3v) is 8.90. The second-order valence-corrected chi connectivity index (χ2v) is 12.4. The number of rotatable bonds is 12. The number of nitrogens with two attached hydrogens (primary N) is 1. The molecule has 10 nitrogen and oxygen atoms in total. The number of ketones is 1. The summed E-state index contributed by atoms with van der Waals surface area (Å²) in [7, 11) is 0. The van der Waals surface area contributed by atoms with Crippen molar-refractivity contribution >= 4 is 34.9 Å². The zero-order valence-electron chi connectivity index (χ0n) is 24.1. The minimum Gasteiger partial charge on any atom is -0.370 e. The van der Waals surface area contributed by atoms with Gasteiger partial charge < -0.3 is 20.9 Å². The van der Waals surface area contributed by atoms with E-state index in [0.29, 0.717) is 18.0 Å². The van der Waals surface area contributed by atoms with Crippen LogP contribution in [0.2, 0.25) is 0 Å². The number of amides is 2. The number of hydrogen-bond donors (Lipinski definition) is 3. The summed E-state index contributed by atoms with van der Waals surface area (Å²) < 4.78 is 0. The molecule has 4 rings (SSSR count). The van der Waals surface area contributed by atoms with E-state index >= 15 is 0 Å². The average molecular weight is 582 g/mol. The number of guanidine groups is 1.